The minimum atomic E-state index is -1.33. The van der Waals surface area contributed by atoms with Gasteiger partial charge < -0.3 is 19.9 Å². The topological polar surface area (TPSA) is 145 Å². The van der Waals surface area contributed by atoms with E-state index >= 15 is 0 Å². The average molecular weight is 432 g/mol. The van der Waals surface area contributed by atoms with Crippen molar-refractivity contribution in [2.75, 3.05) is 0 Å². The molecule has 2 heterocycles. The summed E-state index contributed by atoms with van der Waals surface area (Å²) in [7, 11) is 0. The smallest absolute Gasteiger partial charge is 0.280 e. The monoisotopic (exact) mass is 432 g/mol. The number of ketones is 1. The number of benzene rings is 2. The molecule has 32 heavy (non-hydrogen) atoms. The number of rotatable bonds is 8. The summed E-state index contributed by atoms with van der Waals surface area (Å²) in [6.45, 7) is 1.86. The molecule has 4 aromatic rings. The largest absolute Gasteiger partial charge is 0.381 e. The van der Waals surface area contributed by atoms with Gasteiger partial charge in [0.1, 0.15) is 6.10 Å². The molecule has 1 atom stereocenters. The van der Waals surface area contributed by atoms with Crippen LogP contribution in [0.25, 0.3) is 34.3 Å². The SMILES string of the molecule is Cc1c(-c2nc(-c3ccc(C(O)C(=O)CCC(N)=O)cc3)no2)noc1-c1ccccc1. The summed E-state index contributed by atoms with van der Waals surface area (Å²) in [5.74, 6) is 0.0970. The number of nitrogens with two attached hydrogens (primary N) is 1. The van der Waals surface area contributed by atoms with Crippen LogP contribution in [0.1, 0.15) is 30.1 Å². The van der Waals surface area contributed by atoms with Gasteiger partial charge in [0.15, 0.2) is 17.2 Å². The Hall–Kier alpha value is -4.11. The fourth-order valence-corrected chi connectivity index (χ4v) is 3.21. The van der Waals surface area contributed by atoms with Crippen molar-refractivity contribution in [1.82, 2.24) is 15.3 Å². The molecule has 0 saturated heterocycles. The second-order valence-corrected chi connectivity index (χ2v) is 7.23. The Morgan fingerprint density at radius 3 is 2.38 bits per heavy atom. The average Bonchev–Trinajstić information content (AvgIpc) is 3.44. The van der Waals surface area contributed by atoms with Gasteiger partial charge in [-0.25, -0.2) is 0 Å². The van der Waals surface area contributed by atoms with Crippen LogP contribution in [0.3, 0.4) is 0 Å². The Balaban J connectivity index is 1.51. The number of carbonyl (C=O) groups is 2. The van der Waals surface area contributed by atoms with E-state index in [-0.39, 0.29) is 18.7 Å². The van der Waals surface area contributed by atoms with E-state index in [0.717, 1.165) is 11.1 Å². The highest BCUT2D eigenvalue weighted by Gasteiger charge is 2.22. The van der Waals surface area contributed by atoms with Crippen LogP contribution in [-0.4, -0.2) is 32.1 Å². The fourth-order valence-electron chi connectivity index (χ4n) is 3.21. The molecule has 4 rings (SSSR count). The molecule has 2 aromatic heterocycles. The molecule has 3 N–H and O–H groups in total. The Labute approximate surface area is 182 Å². The predicted molar refractivity (Wildman–Crippen MR) is 114 cm³/mol. The van der Waals surface area contributed by atoms with Crippen LogP contribution in [0.4, 0.5) is 0 Å². The summed E-state index contributed by atoms with van der Waals surface area (Å²) < 4.78 is 10.9. The molecule has 1 amide bonds. The van der Waals surface area contributed by atoms with Crippen LogP contribution in [0.5, 0.6) is 0 Å². The minimum Gasteiger partial charge on any atom is -0.381 e. The number of aliphatic hydroxyl groups is 1. The number of hydrogen-bond acceptors (Lipinski definition) is 8. The standard InChI is InChI=1S/C23H20N4O5/c1-13-19(26-31-21(13)15-5-3-2-4-6-15)23-25-22(27-32-23)16-9-7-14(8-10-16)20(30)17(28)11-12-18(24)29/h2-10,20,30H,11-12H2,1H3,(H2,24,29). The van der Waals surface area contributed by atoms with E-state index in [1.54, 1.807) is 24.3 Å². The summed E-state index contributed by atoms with van der Waals surface area (Å²) in [5.41, 5.74) is 8.19. The Bertz CT molecular complexity index is 1250. The van der Waals surface area contributed by atoms with Crippen molar-refractivity contribution in [3.8, 4) is 34.3 Å². The number of amides is 1. The van der Waals surface area contributed by atoms with Crippen molar-refractivity contribution in [3.63, 3.8) is 0 Å². The zero-order chi connectivity index (χ0) is 22.7. The second-order valence-electron chi connectivity index (χ2n) is 7.23. The first-order chi connectivity index (χ1) is 15.4. The van der Waals surface area contributed by atoms with E-state index in [0.29, 0.717) is 28.4 Å². The molecule has 162 valence electrons. The zero-order valence-electron chi connectivity index (χ0n) is 17.2. The second kappa shape index (κ2) is 8.94. The quantitative estimate of drug-likeness (QED) is 0.431. The lowest BCUT2D eigenvalue weighted by molar-refractivity contribution is -0.129. The fraction of sp³-hybridized carbons (Fsp3) is 0.174. The number of aromatic nitrogens is 3. The molecule has 9 nitrogen and oxygen atoms in total. The summed E-state index contributed by atoms with van der Waals surface area (Å²) >= 11 is 0. The van der Waals surface area contributed by atoms with E-state index < -0.39 is 17.8 Å². The molecule has 0 spiro atoms. The molecule has 2 aromatic carbocycles. The third-order valence-corrected chi connectivity index (χ3v) is 5.00. The molecular formula is C23H20N4O5. The Morgan fingerprint density at radius 1 is 0.969 bits per heavy atom. The molecule has 9 heteroatoms. The Morgan fingerprint density at radius 2 is 1.69 bits per heavy atom. The van der Waals surface area contributed by atoms with Crippen molar-refractivity contribution in [2.24, 2.45) is 5.73 Å². The number of aliphatic hydroxyl groups excluding tert-OH is 1. The molecule has 1 unspecified atom stereocenters. The minimum absolute atomic E-state index is 0.104. The lowest BCUT2D eigenvalue weighted by Crippen LogP contribution is -2.17. The van der Waals surface area contributed by atoms with Gasteiger partial charge in [-0.2, -0.15) is 4.98 Å². The maximum Gasteiger partial charge on any atom is 0.280 e. The predicted octanol–water partition coefficient (Wildman–Crippen LogP) is 3.24. The first kappa shape index (κ1) is 21.1. The van der Waals surface area contributed by atoms with Gasteiger partial charge >= 0.3 is 0 Å². The number of primary amides is 1. The van der Waals surface area contributed by atoms with Crippen molar-refractivity contribution >= 4 is 11.7 Å². The number of carbonyl (C=O) groups excluding carboxylic acids is 2. The van der Waals surface area contributed by atoms with Gasteiger partial charge in [0.2, 0.25) is 11.7 Å². The van der Waals surface area contributed by atoms with Gasteiger partial charge in [0, 0.05) is 29.5 Å². The van der Waals surface area contributed by atoms with Gasteiger partial charge in [0.25, 0.3) is 5.89 Å². The number of nitrogens with zero attached hydrogens (tertiary/aromatic N) is 3. The molecule has 0 fully saturated rings. The summed E-state index contributed by atoms with van der Waals surface area (Å²) in [6.07, 6.45) is -1.56. The van der Waals surface area contributed by atoms with Gasteiger partial charge in [-0.05, 0) is 12.5 Å². The molecular weight excluding hydrogens is 412 g/mol. The highest BCUT2D eigenvalue weighted by Crippen LogP contribution is 2.31. The van der Waals surface area contributed by atoms with E-state index in [1.807, 2.05) is 37.3 Å². The molecule has 0 saturated carbocycles. The third kappa shape index (κ3) is 4.33. The molecule has 0 bridgehead atoms. The van der Waals surface area contributed by atoms with Crippen LogP contribution in [-0.2, 0) is 9.59 Å². The van der Waals surface area contributed by atoms with Crippen molar-refractivity contribution in [2.45, 2.75) is 25.9 Å². The maximum absolute atomic E-state index is 12.0. The molecule has 0 radical (unpaired) electrons. The van der Waals surface area contributed by atoms with Crippen LogP contribution in [0.15, 0.2) is 63.6 Å². The molecule has 0 aliphatic heterocycles. The third-order valence-electron chi connectivity index (χ3n) is 5.00. The maximum atomic E-state index is 12.0. The van der Waals surface area contributed by atoms with Gasteiger partial charge in [0.05, 0.1) is 0 Å². The van der Waals surface area contributed by atoms with Gasteiger partial charge in [-0.1, -0.05) is 64.9 Å². The van der Waals surface area contributed by atoms with Crippen molar-refractivity contribution < 1.29 is 23.7 Å². The first-order valence-electron chi connectivity index (χ1n) is 9.89. The van der Waals surface area contributed by atoms with Crippen LogP contribution in [0, 0.1) is 6.92 Å². The Kier molecular flexibility index (Phi) is 5.91. The summed E-state index contributed by atoms with van der Waals surface area (Å²) in [4.78, 5) is 27.2. The summed E-state index contributed by atoms with van der Waals surface area (Å²) in [6, 6.07) is 16.1. The molecule has 0 aliphatic rings. The van der Waals surface area contributed by atoms with Crippen LogP contribution >= 0.6 is 0 Å². The highest BCUT2D eigenvalue weighted by atomic mass is 16.5. The lowest BCUT2D eigenvalue weighted by Gasteiger charge is -2.09. The van der Waals surface area contributed by atoms with Gasteiger partial charge in [-0.3, -0.25) is 9.59 Å². The zero-order valence-corrected chi connectivity index (χ0v) is 17.2. The lowest BCUT2D eigenvalue weighted by atomic mass is 10.0. The normalized spacial score (nSPS) is 11.9. The van der Waals surface area contributed by atoms with E-state index in [9.17, 15) is 14.7 Å². The number of Topliss-reactive ketones (excluding diaryl/α,β-unsaturated/α-hetero) is 1. The van der Waals surface area contributed by atoms with Crippen molar-refractivity contribution in [3.05, 3.63) is 65.7 Å². The van der Waals surface area contributed by atoms with Crippen LogP contribution < -0.4 is 5.73 Å². The number of hydrogen-bond donors (Lipinski definition) is 2. The van der Waals surface area contributed by atoms with E-state index in [4.69, 9.17) is 14.8 Å². The van der Waals surface area contributed by atoms with E-state index in [2.05, 4.69) is 15.3 Å². The van der Waals surface area contributed by atoms with E-state index in [1.165, 1.54) is 0 Å². The van der Waals surface area contributed by atoms with Crippen LogP contribution in [0.2, 0.25) is 0 Å². The first-order valence-corrected chi connectivity index (χ1v) is 9.89. The summed E-state index contributed by atoms with van der Waals surface area (Å²) in [5, 5.41) is 18.2. The highest BCUT2D eigenvalue weighted by molar-refractivity contribution is 5.88. The molecule has 0 aliphatic carbocycles. The van der Waals surface area contributed by atoms with Gasteiger partial charge in [-0.15, -0.1) is 0 Å². The van der Waals surface area contributed by atoms with Crippen molar-refractivity contribution in [1.29, 1.82) is 0 Å².